The molecule has 0 spiro atoms. The monoisotopic (exact) mass is 563 g/mol. The molecule has 1 amide bonds. The van der Waals surface area contributed by atoms with E-state index < -0.39 is 29.7 Å². The number of alkyl carbamates (subject to hydrolysis) is 1. The Bertz CT molecular complexity index is 1790. The van der Waals surface area contributed by atoms with E-state index in [1.54, 1.807) is 32.9 Å². The number of H-pyrrole nitrogens is 2. The van der Waals surface area contributed by atoms with Crippen molar-refractivity contribution in [1.82, 2.24) is 15.3 Å². The summed E-state index contributed by atoms with van der Waals surface area (Å²) in [7, 11) is 1.31. The second-order valence-electron chi connectivity index (χ2n) is 11.1. The summed E-state index contributed by atoms with van der Waals surface area (Å²) in [4.78, 5) is 32.2. The number of benzene rings is 3. The highest BCUT2D eigenvalue weighted by molar-refractivity contribution is 5.98. The highest BCUT2D eigenvalue weighted by atomic mass is 16.6. The van der Waals surface area contributed by atoms with Crippen LogP contribution in [0.25, 0.3) is 32.9 Å². The van der Waals surface area contributed by atoms with Crippen LogP contribution in [0.2, 0.25) is 0 Å². The van der Waals surface area contributed by atoms with Gasteiger partial charge in [-0.25, -0.2) is 9.59 Å². The fourth-order valence-electron chi connectivity index (χ4n) is 4.99. The molecule has 9 nitrogen and oxygen atoms in total. The van der Waals surface area contributed by atoms with Crippen molar-refractivity contribution in [1.29, 1.82) is 5.26 Å². The number of anilines is 1. The van der Waals surface area contributed by atoms with E-state index in [1.165, 1.54) is 7.11 Å². The highest BCUT2D eigenvalue weighted by Crippen LogP contribution is 2.29. The molecule has 4 N–H and O–H groups in total. The van der Waals surface area contributed by atoms with E-state index in [9.17, 15) is 14.9 Å². The summed E-state index contributed by atoms with van der Waals surface area (Å²) in [6, 6.07) is 21.8. The zero-order valence-corrected chi connectivity index (χ0v) is 23.9. The first-order valence-electron chi connectivity index (χ1n) is 13.7. The third-order valence-corrected chi connectivity index (χ3v) is 6.98. The molecular formula is C33H33N5O4. The third kappa shape index (κ3) is 6.23. The number of nitrogens with one attached hydrogen (secondary N) is 4. The number of fused-ring (bicyclic) bond motifs is 2. The van der Waals surface area contributed by atoms with Crippen molar-refractivity contribution >= 4 is 39.6 Å². The third-order valence-electron chi connectivity index (χ3n) is 6.98. The Kier molecular flexibility index (Phi) is 7.89. The Hall–Kier alpha value is -5.23. The number of nitrogens with zero attached hydrogens (tertiary/aromatic N) is 1. The second-order valence-corrected chi connectivity index (χ2v) is 11.1. The number of hydrogen-bond acceptors (Lipinski definition) is 6. The Labute approximate surface area is 243 Å². The number of aromatic amines is 2. The lowest BCUT2D eigenvalue weighted by Gasteiger charge is -2.27. The number of hydrogen-bond donors (Lipinski definition) is 4. The minimum absolute atomic E-state index is 0.268. The molecule has 9 heteroatoms. The number of carbonyl (C=O) groups is 2. The number of amides is 1. The maximum absolute atomic E-state index is 12.9. The lowest BCUT2D eigenvalue weighted by Crippen LogP contribution is -2.49. The number of ether oxygens (including phenoxy) is 2. The van der Waals surface area contributed by atoms with Gasteiger partial charge in [0.1, 0.15) is 11.6 Å². The van der Waals surface area contributed by atoms with Crippen molar-refractivity contribution in [2.75, 3.05) is 12.4 Å². The van der Waals surface area contributed by atoms with Crippen LogP contribution in [0.5, 0.6) is 0 Å². The van der Waals surface area contributed by atoms with Gasteiger partial charge >= 0.3 is 12.1 Å². The smallest absolute Gasteiger partial charge is 0.407 e. The fraction of sp³-hybridized carbons (Fsp3) is 0.242. The van der Waals surface area contributed by atoms with E-state index >= 15 is 0 Å². The summed E-state index contributed by atoms with van der Waals surface area (Å²) in [6.45, 7) is 5.33. The topological polar surface area (TPSA) is 132 Å². The van der Waals surface area contributed by atoms with Crippen molar-refractivity contribution in [3.05, 3.63) is 90.3 Å². The molecule has 5 aromatic rings. The van der Waals surface area contributed by atoms with Gasteiger partial charge in [0.2, 0.25) is 0 Å². The lowest BCUT2D eigenvalue weighted by molar-refractivity contribution is 0.0501. The van der Waals surface area contributed by atoms with Gasteiger partial charge < -0.3 is 30.1 Å². The molecule has 0 aliphatic carbocycles. The minimum Gasteiger partial charge on any atom is -0.465 e. The van der Waals surface area contributed by atoms with Gasteiger partial charge in [-0.1, -0.05) is 36.4 Å². The fourth-order valence-corrected chi connectivity index (χ4v) is 4.99. The summed E-state index contributed by atoms with van der Waals surface area (Å²) in [5, 5.41) is 18.5. The second kappa shape index (κ2) is 11.7. The number of methoxy groups -OCH3 is 1. The first-order valence-corrected chi connectivity index (χ1v) is 13.7. The number of esters is 1. The SMILES string of the molecule is COC(=O)c1cc(-c2ccc3cc[nH]c3c2)ccc1N[C@@H](C#N)[C@H](Cc1c[nH]c2ccccc12)NC(=O)OC(C)(C)C. The molecule has 0 saturated carbocycles. The van der Waals surface area contributed by atoms with Gasteiger partial charge in [-0.15, -0.1) is 0 Å². The molecule has 42 heavy (non-hydrogen) atoms. The highest BCUT2D eigenvalue weighted by Gasteiger charge is 2.28. The van der Waals surface area contributed by atoms with E-state index in [2.05, 4.69) is 26.7 Å². The quantitative estimate of drug-likeness (QED) is 0.158. The maximum atomic E-state index is 12.9. The molecule has 0 unspecified atom stereocenters. The lowest BCUT2D eigenvalue weighted by atomic mass is 9.97. The number of carbonyl (C=O) groups excluding carboxylic acids is 2. The predicted molar refractivity (Wildman–Crippen MR) is 163 cm³/mol. The molecule has 0 aliphatic heterocycles. The summed E-state index contributed by atoms with van der Waals surface area (Å²) in [6.07, 6.45) is 3.44. The standard InChI is InChI=1S/C33H33N5O4/c1-33(2,3)42-32(40)38-29(17-23-19-36-26-8-6-5-7-24(23)26)30(18-34)37-27-12-11-21(15-25(27)31(39)41-4)22-10-9-20-13-14-35-28(20)16-22/h5-16,19,29-30,35-37H,17H2,1-4H3,(H,38,40)/t29-,30-/m0/s1. The van der Waals surface area contributed by atoms with Crippen molar-refractivity contribution in [3.8, 4) is 17.2 Å². The first-order chi connectivity index (χ1) is 20.1. The molecule has 0 aliphatic rings. The van der Waals surface area contributed by atoms with Crippen LogP contribution in [0, 0.1) is 11.3 Å². The van der Waals surface area contributed by atoms with Crippen LogP contribution >= 0.6 is 0 Å². The van der Waals surface area contributed by atoms with Crippen molar-refractivity contribution < 1.29 is 19.1 Å². The summed E-state index contributed by atoms with van der Waals surface area (Å²) in [5.74, 6) is -0.551. The predicted octanol–water partition coefficient (Wildman–Crippen LogP) is 6.54. The van der Waals surface area contributed by atoms with Gasteiger partial charge in [-0.2, -0.15) is 5.26 Å². The van der Waals surface area contributed by atoms with Crippen LogP contribution in [0.1, 0.15) is 36.7 Å². The molecule has 2 atom stereocenters. The average Bonchev–Trinajstić information content (AvgIpc) is 3.61. The van der Waals surface area contributed by atoms with E-state index in [-0.39, 0.29) is 5.56 Å². The zero-order chi connectivity index (χ0) is 29.9. The van der Waals surface area contributed by atoms with E-state index in [1.807, 2.05) is 67.0 Å². The van der Waals surface area contributed by atoms with Crippen molar-refractivity contribution in [2.45, 2.75) is 44.9 Å². The van der Waals surface area contributed by atoms with Gasteiger partial charge in [0.25, 0.3) is 0 Å². The van der Waals surface area contributed by atoms with Crippen LogP contribution in [0.15, 0.2) is 79.1 Å². The molecule has 3 aromatic carbocycles. The Balaban J connectivity index is 1.48. The number of rotatable bonds is 8. The number of aromatic nitrogens is 2. The average molecular weight is 564 g/mol. The molecule has 2 aromatic heterocycles. The Morgan fingerprint density at radius 2 is 1.74 bits per heavy atom. The van der Waals surface area contributed by atoms with Gasteiger partial charge in [0, 0.05) is 34.5 Å². The summed E-state index contributed by atoms with van der Waals surface area (Å²) >= 11 is 0. The van der Waals surface area contributed by atoms with Crippen LogP contribution in [-0.4, -0.2) is 46.8 Å². The normalized spacial score (nSPS) is 12.8. The number of nitriles is 1. The van der Waals surface area contributed by atoms with Gasteiger partial charge in [0.05, 0.1) is 24.8 Å². The Morgan fingerprint density at radius 1 is 0.976 bits per heavy atom. The largest absolute Gasteiger partial charge is 0.465 e. The summed E-state index contributed by atoms with van der Waals surface area (Å²) < 4.78 is 10.6. The molecule has 0 saturated heterocycles. The molecule has 2 heterocycles. The molecule has 5 rings (SSSR count). The summed E-state index contributed by atoms with van der Waals surface area (Å²) in [5.41, 5.74) is 4.55. The van der Waals surface area contributed by atoms with Gasteiger partial charge in [-0.3, -0.25) is 0 Å². The van der Waals surface area contributed by atoms with Crippen molar-refractivity contribution in [2.24, 2.45) is 0 Å². The molecular weight excluding hydrogens is 530 g/mol. The van der Waals surface area contributed by atoms with Crippen LogP contribution in [0.4, 0.5) is 10.5 Å². The molecule has 0 fully saturated rings. The van der Waals surface area contributed by atoms with Gasteiger partial charge in [-0.05, 0) is 79.6 Å². The van der Waals surface area contributed by atoms with Gasteiger partial charge in [0.15, 0.2) is 0 Å². The Morgan fingerprint density at radius 3 is 2.50 bits per heavy atom. The first kappa shape index (κ1) is 28.3. The number of para-hydroxylation sites is 1. The van der Waals surface area contributed by atoms with E-state index in [4.69, 9.17) is 9.47 Å². The molecule has 0 radical (unpaired) electrons. The van der Waals surface area contributed by atoms with Crippen LogP contribution in [-0.2, 0) is 15.9 Å². The molecule has 0 bridgehead atoms. The molecule has 214 valence electrons. The van der Waals surface area contributed by atoms with E-state index in [0.29, 0.717) is 12.1 Å². The van der Waals surface area contributed by atoms with Crippen LogP contribution < -0.4 is 10.6 Å². The maximum Gasteiger partial charge on any atom is 0.407 e. The zero-order valence-electron chi connectivity index (χ0n) is 23.9. The minimum atomic E-state index is -0.921. The van der Waals surface area contributed by atoms with Crippen LogP contribution in [0.3, 0.4) is 0 Å². The van der Waals surface area contributed by atoms with Crippen molar-refractivity contribution in [3.63, 3.8) is 0 Å². The van der Waals surface area contributed by atoms with E-state index in [0.717, 1.165) is 38.5 Å².